The van der Waals surface area contributed by atoms with Gasteiger partial charge in [0.05, 0.1) is 4.88 Å². The maximum Gasteiger partial charge on any atom is 0.263 e. The molecule has 3 atom stereocenters. The van der Waals surface area contributed by atoms with Gasteiger partial charge in [-0.1, -0.05) is 0 Å². The Hall–Kier alpha value is -1.36. The lowest BCUT2D eigenvalue weighted by Gasteiger charge is -2.31. The van der Waals surface area contributed by atoms with Gasteiger partial charge in [-0.3, -0.25) is 9.59 Å². The molecule has 2 heterocycles. The number of thiophene rings is 1. The van der Waals surface area contributed by atoms with E-state index in [2.05, 4.69) is 0 Å². The van der Waals surface area contributed by atoms with Crippen LogP contribution in [0.2, 0.25) is 0 Å². The molecule has 0 unspecified atom stereocenters. The number of aryl methyl sites for hydroxylation is 1. The van der Waals surface area contributed by atoms with Crippen LogP contribution in [0.5, 0.6) is 0 Å². The number of carbonyl (C=O) groups is 2. The molecule has 1 aliphatic carbocycles. The van der Waals surface area contributed by atoms with Crippen LogP contribution < -0.4 is 0 Å². The second-order valence-electron chi connectivity index (χ2n) is 6.45. The quantitative estimate of drug-likeness (QED) is 0.842. The summed E-state index contributed by atoms with van der Waals surface area (Å²) in [6.07, 6.45) is 2.64. The maximum atomic E-state index is 12.5. The number of amides is 2. The van der Waals surface area contributed by atoms with Crippen LogP contribution in [0.1, 0.15) is 33.8 Å². The highest BCUT2D eigenvalue weighted by atomic mass is 32.1. The molecule has 1 saturated heterocycles. The van der Waals surface area contributed by atoms with E-state index >= 15 is 0 Å². The zero-order valence-corrected chi connectivity index (χ0v) is 13.7. The molecule has 1 saturated carbocycles. The van der Waals surface area contributed by atoms with Crippen molar-refractivity contribution in [3.63, 3.8) is 0 Å². The van der Waals surface area contributed by atoms with Crippen LogP contribution in [0.3, 0.4) is 0 Å². The molecule has 0 bridgehead atoms. The van der Waals surface area contributed by atoms with Gasteiger partial charge in [0, 0.05) is 38.0 Å². The highest BCUT2D eigenvalue weighted by molar-refractivity contribution is 7.13. The summed E-state index contributed by atoms with van der Waals surface area (Å²) in [6.45, 7) is 2.87. The average Bonchev–Trinajstić information content (AvgIpc) is 3.04. The van der Waals surface area contributed by atoms with Gasteiger partial charge in [-0.15, -0.1) is 11.3 Å². The molecule has 5 heteroatoms. The van der Waals surface area contributed by atoms with Crippen molar-refractivity contribution in [3.8, 4) is 0 Å². The van der Waals surface area contributed by atoms with E-state index in [0.29, 0.717) is 18.3 Å². The van der Waals surface area contributed by atoms with Crippen molar-refractivity contribution in [3.05, 3.63) is 21.9 Å². The Morgan fingerprint density at radius 1 is 1.33 bits per heavy atom. The van der Waals surface area contributed by atoms with Gasteiger partial charge in [0.25, 0.3) is 5.91 Å². The Kier molecular flexibility index (Phi) is 3.78. The number of piperidine rings is 1. The highest BCUT2D eigenvalue weighted by Gasteiger charge is 2.42. The molecule has 1 aromatic heterocycles. The van der Waals surface area contributed by atoms with Crippen molar-refractivity contribution in [2.45, 2.75) is 32.2 Å². The molecule has 3 rings (SSSR count). The van der Waals surface area contributed by atoms with Crippen LogP contribution in [-0.2, 0) is 4.79 Å². The van der Waals surface area contributed by atoms with E-state index in [9.17, 15) is 9.59 Å². The fourth-order valence-electron chi connectivity index (χ4n) is 3.69. The van der Waals surface area contributed by atoms with E-state index < -0.39 is 0 Å². The zero-order chi connectivity index (χ0) is 15.1. The van der Waals surface area contributed by atoms with Crippen LogP contribution in [0.25, 0.3) is 0 Å². The molecule has 0 radical (unpaired) electrons. The first-order valence-electron chi connectivity index (χ1n) is 7.53. The molecule has 0 N–H and O–H groups in total. The van der Waals surface area contributed by atoms with Gasteiger partial charge in [-0.25, -0.2) is 0 Å². The molecule has 2 fully saturated rings. The minimum Gasteiger partial charge on any atom is -0.345 e. The molecule has 21 heavy (non-hydrogen) atoms. The van der Waals surface area contributed by atoms with Gasteiger partial charge in [0.15, 0.2) is 0 Å². The largest absolute Gasteiger partial charge is 0.345 e. The topological polar surface area (TPSA) is 40.6 Å². The predicted octanol–water partition coefficient (Wildman–Crippen LogP) is 2.39. The first kappa shape index (κ1) is 14.6. The van der Waals surface area contributed by atoms with E-state index in [-0.39, 0.29) is 17.9 Å². The van der Waals surface area contributed by atoms with E-state index in [1.165, 1.54) is 4.88 Å². The molecule has 2 amide bonds. The van der Waals surface area contributed by atoms with Crippen molar-refractivity contribution in [1.82, 2.24) is 9.80 Å². The minimum absolute atomic E-state index is 0.122. The summed E-state index contributed by atoms with van der Waals surface area (Å²) in [5.74, 6) is 1.38. The summed E-state index contributed by atoms with van der Waals surface area (Å²) in [5, 5.41) is 0. The molecule has 1 aromatic rings. The molecular formula is C16H22N2O2S. The van der Waals surface area contributed by atoms with Gasteiger partial charge in [0.2, 0.25) is 5.91 Å². The van der Waals surface area contributed by atoms with Gasteiger partial charge >= 0.3 is 0 Å². The summed E-state index contributed by atoms with van der Waals surface area (Å²) in [6, 6.07) is 4.18. The number of nitrogens with zero attached hydrogens (tertiary/aromatic N) is 2. The second-order valence-corrected chi connectivity index (χ2v) is 7.74. The van der Waals surface area contributed by atoms with Gasteiger partial charge in [0.1, 0.15) is 0 Å². The molecular weight excluding hydrogens is 284 g/mol. The van der Waals surface area contributed by atoms with Crippen LogP contribution >= 0.6 is 11.3 Å². The summed E-state index contributed by atoms with van der Waals surface area (Å²) in [4.78, 5) is 30.1. The Morgan fingerprint density at radius 3 is 2.71 bits per heavy atom. The van der Waals surface area contributed by atoms with Gasteiger partial charge < -0.3 is 9.80 Å². The third kappa shape index (κ3) is 2.71. The van der Waals surface area contributed by atoms with E-state index in [4.69, 9.17) is 0 Å². The molecule has 1 aliphatic heterocycles. The second kappa shape index (κ2) is 5.44. The summed E-state index contributed by atoms with van der Waals surface area (Å²) in [5.41, 5.74) is 0. The first-order chi connectivity index (χ1) is 9.95. The molecule has 0 aromatic carbocycles. The van der Waals surface area contributed by atoms with Crippen molar-refractivity contribution in [2.75, 3.05) is 20.6 Å². The lowest BCUT2D eigenvalue weighted by atomic mass is 9.88. The summed E-state index contributed by atoms with van der Waals surface area (Å²) >= 11 is 1.56. The first-order valence-corrected chi connectivity index (χ1v) is 8.35. The van der Waals surface area contributed by atoms with Crippen molar-refractivity contribution in [2.24, 2.45) is 11.8 Å². The SMILES string of the molecule is Cc1ccc(C(=O)N(C)[C@@H]2C[C@@H]3CC(=O)N(C)C[C@@H]3C2)s1. The van der Waals surface area contributed by atoms with Crippen molar-refractivity contribution in [1.29, 1.82) is 0 Å². The van der Waals surface area contributed by atoms with Crippen molar-refractivity contribution >= 4 is 23.2 Å². The van der Waals surface area contributed by atoms with Gasteiger partial charge in [-0.05, 0) is 43.7 Å². The van der Waals surface area contributed by atoms with Crippen LogP contribution in [0.15, 0.2) is 12.1 Å². The standard InChI is InChI=1S/C16H22N2O2S/c1-10-4-5-14(21-10)16(20)18(3)13-6-11-8-15(19)17(2)9-12(11)7-13/h4-5,11-13H,6-9H2,1-3H3/t11-,12+,13-/m1/s1. The van der Waals surface area contributed by atoms with Crippen molar-refractivity contribution < 1.29 is 9.59 Å². The third-order valence-corrected chi connectivity index (χ3v) is 6.00. The average molecular weight is 306 g/mol. The highest BCUT2D eigenvalue weighted by Crippen LogP contribution is 2.40. The number of likely N-dealkylation sites (tertiary alicyclic amines) is 1. The predicted molar refractivity (Wildman–Crippen MR) is 83.4 cm³/mol. The van der Waals surface area contributed by atoms with Gasteiger partial charge in [-0.2, -0.15) is 0 Å². The molecule has 0 spiro atoms. The van der Waals surface area contributed by atoms with Crippen LogP contribution in [-0.4, -0.2) is 48.3 Å². The smallest absolute Gasteiger partial charge is 0.263 e. The monoisotopic (exact) mass is 306 g/mol. The fourth-order valence-corrected chi connectivity index (χ4v) is 4.54. The number of fused-ring (bicyclic) bond motifs is 1. The lowest BCUT2D eigenvalue weighted by molar-refractivity contribution is -0.134. The Morgan fingerprint density at radius 2 is 2.05 bits per heavy atom. The fraction of sp³-hybridized carbons (Fsp3) is 0.625. The number of carbonyl (C=O) groups excluding carboxylic acids is 2. The Labute approximate surface area is 129 Å². The lowest BCUT2D eigenvalue weighted by Crippen LogP contribution is -2.39. The molecule has 2 aliphatic rings. The Balaban J connectivity index is 1.68. The third-order valence-electron chi connectivity index (χ3n) is 5.01. The molecule has 114 valence electrons. The number of hydrogen-bond donors (Lipinski definition) is 0. The Bertz CT molecular complexity index is 568. The zero-order valence-electron chi connectivity index (χ0n) is 12.8. The minimum atomic E-state index is 0.122. The van der Waals surface area contributed by atoms with E-state index in [1.54, 1.807) is 11.3 Å². The van der Waals surface area contributed by atoms with E-state index in [0.717, 1.165) is 24.3 Å². The summed E-state index contributed by atoms with van der Waals surface area (Å²) in [7, 11) is 3.79. The maximum absolute atomic E-state index is 12.5. The molecule has 4 nitrogen and oxygen atoms in total. The summed E-state index contributed by atoms with van der Waals surface area (Å²) < 4.78 is 0. The van der Waals surface area contributed by atoms with E-state index in [1.807, 2.05) is 43.0 Å². The van der Waals surface area contributed by atoms with Crippen LogP contribution in [0, 0.1) is 18.8 Å². The number of hydrogen-bond acceptors (Lipinski definition) is 3. The number of rotatable bonds is 2. The normalized spacial score (nSPS) is 28.6. The van der Waals surface area contributed by atoms with Crippen LogP contribution in [0.4, 0.5) is 0 Å².